The summed E-state index contributed by atoms with van der Waals surface area (Å²) in [5.41, 5.74) is 0.990. The van der Waals surface area contributed by atoms with Crippen molar-refractivity contribution in [3.05, 3.63) is 16.5 Å². The zero-order valence-electron chi connectivity index (χ0n) is 12.3. The molecule has 0 bridgehead atoms. The molecule has 1 aliphatic rings. The van der Waals surface area contributed by atoms with Gasteiger partial charge in [0.15, 0.2) is 0 Å². The van der Waals surface area contributed by atoms with E-state index >= 15 is 0 Å². The molecule has 106 valence electrons. The summed E-state index contributed by atoms with van der Waals surface area (Å²) in [5, 5.41) is 0.576. The van der Waals surface area contributed by atoms with Crippen LogP contribution in [0.2, 0.25) is 5.15 Å². The molecule has 5 heteroatoms. The second-order valence-electron chi connectivity index (χ2n) is 5.29. The van der Waals surface area contributed by atoms with Gasteiger partial charge in [-0.3, -0.25) is 4.90 Å². The second-order valence-corrected chi connectivity index (χ2v) is 5.65. The third-order valence-electron chi connectivity index (χ3n) is 4.00. The molecule has 1 aromatic heterocycles. The summed E-state index contributed by atoms with van der Waals surface area (Å²) < 4.78 is 0. The molecule has 4 nitrogen and oxygen atoms in total. The van der Waals surface area contributed by atoms with Crippen molar-refractivity contribution in [2.24, 2.45) is 0 Å². The first kappa shape index (κ1) is 14.5. The number of piperazine rings is 1. The molecular formula is C14H23ClN4. The predicted octanol–water partition coefficient (Wildman–Crippen LogP) is 2.67. The van der Waals surface area contributed by atoms with E-state index in [0.717, 1.165) is 43.4 Å². The average molecular weight is 283 g/mol. The Balaban J connectivity index is 2.10. The van der Waals surface area contributed by atoms with Crippen LogP contribution < -0.4 is 4.90 Å². The summed E-state index contributed by atoms with van der Waals surface area (Å²) in [7, 11) is 0. The van der Waals surface area contributed by atoms with E-state index < -0.39 is 0 Å². The van der Waals surface area contributed by atoms with Gasteiger partial charge in [0.25, 0.3) is 0 Å². The normalized spacial score (nSPS) is 18.7. The van der Waals surface area contributed by atoms with Crippen molar-refractivity contribution in [3.8, 4) is 0 Å². The number of halogens is 1. The van der Waals surface area contributed by atoms with Crippen LogP contribution in [0.25, 0.3) is 0 Å². The maximum Gasteiger partial charge on any atom is 0.137 e. The number of aryl methyl sites for hydroxylation is 1. The summed E-state index contributed by atoms with van der Waals surface area (Å²) in [5.74, 6) is 1.75. The van der Waals surface area contributed by atoms with Gasteiger partial charge in [-0.05, 0) is 27.2 Å². The molecule has 1 fully saturated rings. The number of anilines is 1. The SMILES string of the molecule is CCC(C)N1CCN(c2nc(C)nc(Cl)c2C)CC1. The van der Waals surface area contributed by atoms with Gasteiger partial charge in [-0.15, -0.1) is 0 Å². The van der Waals surface area contributed by atoms with E-state index in [1.165, 1.54) is 6.42 Å². The van der Waals surface area contributed by atoms with E-state index in [1.807, 2.05) is 13.8 Å². The lowest BCUT2D eigenvalue weighted by Crippen LogP contribution is -2.50. The first-order chi connectivity index (χ1) is 9.02. The molecule has 1 atom stereocenters. The topological polar surface area (TPSA) is 32.3 Å². The van der Waals surface area contributed by atoms with E-state index in [1.54, 1.807) is 0 Å². The highest BCUT2D eigenvalue weighted by Crippen LogP contribution is 2.24. The largest absolute Gasteiger partial charge is 0.354 e. The highest BCUT2D eigenvalue weighted by atomic mass is 35.5. The first-order valence-electron chi connectivity index (χ1n) is 7.02. The van der Waals surface area contributed by atoms with Gasteiger partial charge in [-0.25, -0.2) is 9.97 Å². The lowest BCUT2D eigenvalue weighted by molar-refractivity contribution is 0.192. The summed E-state index contributed by atoms with van der Waals surface area (Å²) in [4.78, 5) is 13.6. The number of aromatic nitrogens is 2. The van der Waals surface area contributed by atoms with Crippen molar-refractivity contribution < 1.29 is 0 Å². The molecule has 1 unspecified atom stereocenters. The molecule has 0 aromatic carbocycles. The van der Waals surface area contributed by atoms with Crippen molar-refractivity contribution >= 4 is 17.4 Å². The van der Waals surface area contributed by atoms with Gasteiger partial charge in [0.1, 0.15) is 16.8 Å². The lowest BCUT2D eigenvalue weighted by atomic mass is 10.2. The minimum absolute atomic E-state index is 0.576. The van der Waals surface area contributed by atoms with Crippen LogP contribution in [0.4, 0.5) is 5.82 Å². The average Bonchev–Trinajstić information content (AvgIpc) is 2.42. The fraction of sp³-hybridized carbons (Fsp3) is 0.714. The number of hydrogen-bond donors (Lipinski definition) is 0. The zero-order chi connectivity index (χ0) is 14.0. The Labute approximate surface area is 120 Å². The van der Waals surface area contributed by atoms with Gasteiger partial charge >= 0.3 is 0 Å². The molecule has 0 aliphatic carbocycles. The fourth-order valence-corrected chi connectivity index (χ4v) is 2.73. The van der Waals surface area contributed by atoms with Gasteiger partial charge in [0, 0.05) is 37.8 Å². The van der Waals surface area contributed by atoms with E-state index in [-0.39, 0.29) is 0 Å². The van der Waals surface area contributed by atoms with Crippen LogP contribution in [0.3, 0.4) is 0 Å². The fourth-order valence-electron chi connectivity index (χ4n) is 2.52. The highest BCUT2D eigenvalue weighted by Gasteiger charge is 2.23. The van der Waals surface area contributed by atoms with Crippen LogP contribution in [-0.4, -0.2) is 47.1 Å². The minimum Gasteiger partial charge on any atom is -0.354 e. The monoisotopic (exact) mass is 282 g/mol. The van der Waals surface area contributed by atoms with Crippen molar-refractivity contribution in [1.82, 2.24) is 14.9 Å². The Morgan fingerprint density at radius 3 is 2.37 bits per heavy atom. The van der Waals surface area contributed by atoms with Crippen LogP contribution >= 0.6 is 11.6 Å². The summed E-state index contributed by atoms with van der Waals surface area (Å²) >= 11 is 6.15. The van der Waals surface area contributed by atoms with E-state index in [9.17, 15) is 0 Å². The maximum absolute atomic E-state index is 6.15. The molecule has 0 saturated carbocycles. The maximum atomic E-state index is 6.15. The molecule has 1 saturated heterocycles. The third kappa shape index (κ3) is 3.18. The molecule has 19 heavy (non-hydrogen) atoms. The Kier molecular flexibility index (Phi) is 4.63. The number of nitrogens with zero attached hydrogens (tertiary/aromatic N) is 4. The molecule has 2 rings (SSSR count). The lowest BCUT2D eigenvalue weighted by Gasteiger charge is -2.38. The van der Waals surface area contributed by atoms with E-state index in [2.05, 4.69) is 33.6 Å². The first-order valence-corrected chi connectivity index (χ1v) is 7.40. The predicted molar refractivity (Wildman–Crippen MR) is 80.1 cm³/mol. The highest BCUT2D eigenvalue weighted by molar-refractivity contribution is 6.30. The molecule has 0 spiro atoms. The Morgan fingerprint density at radius 2 is 1.79 bits per heavy atom. The van der Waals surface area contributed by atoms with Crippen molar-refractivity contribution in [1.29, 1.82) is 0 Å². The Morgan fingerprint density at radius 1 is 1.16 bits per heavy atom. The van der Waals surface area contributed by atoms with Crippen molar-refractivity contribution in [2.75, 3.05) is 31.1 Å². The van der Waals surface area contributed by atoms with Gasteiger partial charge in [-0.1, -0.05) is 18.5 Å². The quantitative estimate of drug-likeness (QED) is 0.798. The van der Waals surface area contributed by atoms with Crippen molar-refractivity contribution in [2.45, 2.75) is 40.2 Å². The summed E-state index contributed by atoms with van der Waals surface area (Å²) in [6, 6.07) is 0.666. The standard InChI is InChI=1S/C14H23ClN4/c1-5-10(2)18-6-8-19(9-7-18)14-11(3)13(15)16-12(4)17-14/h10H,5-9H2,1-4H3. The van der Waals surface area contributed by atoms with Gasteiger partial charge < -0.3 is 4.90 Å². The molecule has 0 radical (unpaired) electrons. The smallest absolute Gasteiger partial charge is 0.137 e. The van der Waals surface area contributed by atoms with Crippen LogP contribution in [0.5, 0.6) is 0 Å². The Bertz CT molecular complexity index is 441. The molecular weight excluding hydrogens is 260 g/mol. The summed E-state index contributed by atoms with van der Waals surface area (Å²) in [6.45, 7) is 12.6. The molecule has 0 N–H and O–H groups in total. The van der Waals surface area contributed by atoms with E-state index in [4.69, 9.17) is 11.6 Å². The van der Waals surface area contributed by atoms with Gasteiger partial charge in [0.05, 0.1) is 0 Å². The van der Waals surface area contributed by atoms with Gasteiger partial charge in [0.2, 0.25) is 0 Å². The minimum atomic E-state index is 0.576. The van der Waals surface area contributed by atoms with Crippen LogP contribution in [0, 0.1) is 13.8 Å². The number of rotatable bonds is 3. The Hall–Kier alpha value is -0.870. The van der Waals surface area contributed by atoms with Crippen LogP contribution in [0.15, 0.2) is 0 Å². The van der Waals surface area contributed by atoms with Crippen LogP contribution in [-0.2, 0) is 0 Å². The molecule has 2 heterocycles. The summed E-state index contributed by atoms with van der Waals surface area (Å²) in [6.07, 6.45) is 1.21. The zero-order valence-corrected chi connectivity index (χ0v) is 13.0. The molecule has 0 amide bonds. The second kappa shape index (κ2) is 6.06. The molecule has 1 aromatic rings. The molecule has 1 aliphatic heterocycles. The van der Waals surface area contributed by atoms with Crippen molar-refractivity contribution in [3.63, 3.8) is 0 Å². The third-order valence-corrected chi connectivity index (χ3v) is 4.37. The van der Waals surface area contributed by atoms with Crippen LogP contribution in [0.1, 0.15) is 31.7 Å². The number of hydrogen-bond acceptors (Lipinski definition) is 4. The van der Waals surface area contributed by atoms with E-state index in [0.29, 0.717) is 11.2 Å². The van der Waals surface area contributed by atoms with Gasteiger partial charge in [-0.2, -0.15) is 0 Å².